The van der Waals surface area contributed by atoms with Crippen LogP contribution in [0.3, 0.4) is 0 Å². The van der Waals surface area contributed by atoms with Crippen molar-refractivity contribution < 1.29 is 9.53 Å². The Morgan fingerprint density at radius 1 is 1.12 bits per heavy atom. The first kappa shape index (κ1) is 17.4. The Balaban J connectivity index is 1.65. The molecule has 1 aromatic heterocycles. The van der Waals surface area contributed by atoms with Gasteiger partial charge in [-0.05, 0) is 56.9 Å². The Bertz CT molecular complexity index is 727. The largest absolute Gasteiger partial charge is 0.381 e. The number of pyridine rings is 1. The number of hydrogen-bond acceptors (Lipinski definition) is 4. The smallest absolute Gasteiger partial charge is 0.228 e. The van der Waals surface area contributed by atoms with Crippen LogP contribution < -0.4 is 10.6 Å². The fourth-order valence-corrected chi connectivity index (χ4v) is 3.25. The van der Waals surface area contributed by atoms with E-state index < -0.39 is 0 Å². The minimum Gasteiger partial charge on any atom is -0.381 e. The van der Waals surface area contributed by atoms with E-state index in [-0.39, 0.29) is 11.8 Å². The van der Waals surface area contributed by atoms with E-state index in [2.05, 4.69) is 48.5 Å². The van der Waals surface area contributed by atoms with Crippen LogP contribution in [0.5, 0.6) is 0 Å². The molecule has 0 spiro atoms. The standard InChI is InChI=1S/C20H25N3O2/c1-13-10-14(2)19(15(3)11-13)22-17-4-5-18(21-12-17)23-20(24)16-6-8-25-9-7-16/h4-5,10-12,16,22H,6-9H2,1-3H3,(H,21,23,24). The lowest BCUT2D eigenvalue weighted by Gasteiger charge is -2.21. The van der Waals surface area contributed by atoms with E-state index >= 15 is 0 Å². The molecule has 0 aliphatic carbocycles. The van der Waals surface area contributed by atoms with Gasteiger partial charge in [-0.1, -0.05) is 17.7 Å². The topological polar surface area (TPSA) is 63.2 Å². The van der Waals surface area contributed by atoms with Gasteiger partial charge >= 0.3 is 0 Å². The molecule has 25 heavy (non-hydrogen) atoms. The summed E-state index contributed by atoms with van der Waals surface area (Å²) in [6.45, 7) is 7.60. The molecule has 132 valence electrons. The van der Waals surface area contributed by atoms with Gasteiger partial charge in [-0.15, -0.1) is 0 Å². The highest BCUT2D eigenvalue weighted by molar-refractivity contribution is 5.91. The average molecular weight is 339 g/mol. The third-order valence-corrected chi connectivity index (χ3v) is 4.55. The Morgan fingerprint density at radius 3 is 2.40 bits per heavy atom. The zero-order chi connectivity index (χ0) is 17.8. The van der Waals surface area contributed by atoms with E-state index in [9.17, 15) is 4.79 Å². The number of anilines is 3. The molecule has 2 aromatic rings. The molecule has 2 heterocycles. The maximum atomic E-state index is 12.2. The van der Waals surface area contributed by atoms with Gasteiger partial charge < -0.3 is 15.4 Å². The molecule has 5 heteroatoms. The minimum absolute atomic E-state index is 0.0196. The van der Waals surface area contributed by atoms with Crippen LogP contribution in [0.25, 0.3) is 0 Å². The van der Waals surface area contributed by atoms with Crippen LogP contribution in [0.2, 0.25) is 0 Å². The molecule has 0 bridgehead atoms. The van der Waals surface area contributed by atoms with Crippen LogP contribution in [-0.2, 0) is 9.53 Å². The number of aryl methyl sites for hydroxylation is 3. The Labute approximate surface area is 148 Å². The number of nitrogens with zero attached hydrogens (tertiary/aromatic N) is 1. The molecule has 0 unspecified atom stereocenters. The van der Waals surface area contributed by atoms with Crippen LogP contribution >= 0.6 is 0 Å². The van der Waals surface area contributed by atoms with Gasteiger partial charge in [0.1, 0.15) is 5.82 Å². The molecule has 3 rings (SSSR count). The summed E-state index contributed by atoms with van der Waals surface area (Å²) in [5.41, 5.74) is 5.67. The number of benzene rings is 1. The first-order chi connectivity index (χ1) is 12.0. The van der Waals surface area contributed by atoms with E-state index in [1.807, 2.05) is 12.1 Å². The summed E-state index contributed by atoms with van der Waals surface area (Å²) in [4.78, 5) is 16.6. The normalized spacial score (nSPS) is 15.0. The number of ether oxygens (including phenoxy) is 1. The number of carbonyl (C=O) groups excluding carboxylic acids is 1. The fourth-order valence-electron chi connectivity index (χ4n) is 3.25. The predicted molar refractivity (Wildman–Crippen MR) is 100 cm³/mol. The summed E-state index contributed by atoms with van der Waals surface area (Å²) >= 11 is 0. The van der Waals surface area contributed by atoms with Crippen LogP contribution in [0.4, 0.5) is 17.2 Å². The number of amides is 1. The number of aromatic nitrogens is 1. The highest BCUT2D eigenvalue weighted by atomic mass is 16.5. The van der Waals surface area contributed by atoms with E-state index in [0.29, 0.717) is 19.0 Å². The molecule has 1 aromatic carbocycles. The average Bonchev–Trinajstić information content (AvgIpc) is 2.60. The van der Waals surface area contributed by atoms with Gasteiger partial charge in [-0.25, -0.2) is 4.98 Å². The Hall–Kier alpha value is -2.40. The maximum Gasteiger partial charge on any atom is 0.228 e. The molecule has 5 nitrogen and oxygen atoms in total. The molecule has 0 saturated carbocycles. The highest BCUT2D eigenvalue weighted by Gasteiger charge is 2.21. The van der Waals surface area contributed by atoms with Gasteiger partial charge in [0.25, 0.3) is 0 Å². The van der Waals surface area contributed by atoms with Gasteiger partial charge in [0.15, 0.2) is 0 Å². The lowest BCUT2D eigenvalue weighted by molar-refractivity contribution is -0.122. The van der Waals surface area contributed by atoms with Crippen molar-refractivity contribution in [3.8, 4) is 0 Å². The summed E-state index contributed by atoms with van der Waals surface area (Å²) < 4.78 is 5.30. The summed E-state index contributed by atoms with van der Waals surface area (Å²) in [5, 5.41) is 6.32. The van der Waals surface area contributed by atoms with Crippen LogP contribution in [0.1, 0.15) is 29.5 Å². The van der Waals surface area contributed by atoms with Gasteiger partial charge in [0, 0.05) is 24.8 Å². The van der Waals surface area contributed by atoms with Crippen molar-refractivity contribution in [1.82, 2.24) is 4.98 Å². The monoisotopic (exact) mass is 339 g/mol. The molecular formula is C20H25N3O2. The first-order valence-corrected chi connectivity index (χ1v) is 8.72. The Morgan fingerprint density at radius 2 is 1.80 bits per heavy atom. The van der Waals surface area contributed by atoms with E-state index in [4.69, 9.17) is 4.74 Å². The number of hydrogen-bond donors (Lipinski definition) is 2. The van der Waals surface area contributed by atoms with E-state index in [1.54, 1.807) is 6.20 Å². The summed E-state index contributed by atoms with van der Waals surface area (Å²) in [7, 11) is 0. The molecule has 1 aliphatic heterocycles. The summed E-state index contributed by atoms with van der Waals surface area (Å²) in [6.07, 6.45) is 3.30. The molecule has 1 fully saturated rings. The van der Waals surface area contributed by atoms with Crippen molar-refractivity contribution in [2.45, 2.75) is 33.6 Å². The van der Waals surface area contributed by atoms with Gasteiger partial charge in [0.2, 0.25) is 5.91 Å². The molecular weight excluding hydrogens is 314 g/mol. The number of rotatable bonds is 4. The minimum atomic E-state index is 0.0196. The number of carbonyl (C=O) groups is 1. The van der Waals surface area contributed by atoms with E-state index in [0.717, 1.165) is 24.2 Å². The zero-order valence-electron chi connectivity index (χ0n) is 15.1. The predicted octanol–water partition coefficient (Wildman–Crippen LogP) is 4.12. The quantitative estimate of drug-likeness (QED) is 0.880. The third kappa shape index (κ3) is 4.37. The molecule has 1 amide bonds. The SMILES string of the molecule is Cc1cc(C)c(Nc2ccc(NC(=O)C3CCOCC3)nc2)c(C)c1. The van der Waals surface area contributed by atoms with Crippen molar-refractivity contribution in [3.05, 3.63) is 47.2 Å². The molecule has 0 atom stereocenters. The van der Waals surface area contributed by atoms with Crippen molar-refractivity contribution in [1.29, 1.82) is 0 Å². The maximum absolute atomic E-state index is 12.2. The van der Waals surface area contributed by atoms with Crippen LogP contribution in [0.15, 0.2) is 30.5 Å². The second-order valence-electron chi connectivity index (χ2n) is 6.71. The van der Waals surface area contributed by atoms with Crippen LogP contribution in [0, 0.1) is 26.7 Å². The highest BCUT2D eigenvalue weighted by Crippen LogP contribution is 2.26. The zero-order valence-corrected chi connectivity index (χ0v) is 15.1. The van der Waals surface area contributed by atoms with Crippen molar-refractivity contribution in [2.24, 2.45) is 5.92 Å². The van der Waals surface area contributed by atoms with Crippen LogP contribution in [-0.4, -0.2) is 24.1 Å². The molecule has 2 N–H and O–H groups in total. The molecule has 1 saturated heterocycles. The van der Waals surface area contributed by atoms with Crippen molar-refractivity contribution in [3.63, 3.8) is 0 Å². The second-order valence-corrected chi connectivity index (χ2v) is 6.71. The van der Waals surface area contributed by atoms with Gasteiger partial charge in [-0.2, -0.15) is 0 Å². The third-order valence-electron chi connectivity index (χ3n) is 4.55. The Kier molecular flexibility index (Phi) is 5.34. The van der Waals surface area contributed by atoms with Crippen molar-refractivity contribution in [2.75, 3.05) is 23.8 Å². The second kappa shape index (κ2) is 7.66. The fraction of sp³-hybridized carbons (Fsp3) is 0.400. The summed E-state index contributed by atoms with van der Waals surface area (Å²) in [5.74, 6) is 0.632. The van der Waals surface area contributed by atoms with Crippen molar-refractivity contribution >= 4 is 23.1 Å². The lowest BCUT2D eigenvalue weighted by Crippen LogP contribution is -2.28. The lowest BCUT2D eigenvalue weighted by atomic mass is 9.99. The molecule has 1 aliphatic rings. The van der Waals surface area contributed by atoms with Gasteiger partial charge in [-0.3, -0.25) is 4.79 Å². The molecule has 0 radical (unpaired) electrons. The van der Waals surface area contributed by atoms with Gasteiger partial charge in [0.05, 0.1) is 11.9 Å². The first-order valence-electron chi connectivity index (χ1n) is 8.72. The van der Waals surface area contributed by atoms with E-state index in [1.165, 1.54) is 16.7 Å². The summed E-state index contributed by atoms with van der Waals surface area (Å²) in [6, 6.07) is 8.08. The number of nitrogens with one attached hydrogen (secondary N) is 2.